The number of hydrogen-bond acceptors (Lipinski definition) is 4. The lowest BCUT2D eigenvalue weighted by Gasteiger charge is -1.96. The van der Waals surface area contributed by atoms with Crippen molar-refractivity contribution >= 4 is 29.5 Å². The summed E-state index contributed by atoms with van der Waals surface area (Å²) < 4.78 is 0.217. The highest BCUT2D eigenvalue weighted by molar-refractivity contribution is 7.71. The van der Waals surface area contributed by atoms with Crippen LogP contribution >= 0.6 is 12.2 Å². The monoisotopic (exact) mass is 207 g/mol. The van der Waals surface area contributed by atoms with Crippen molar-refractivity contribution in [3.63, 3.8) is 0 Å². The van der Waals surface area contributed by atoms with Crippen LogP contribution in [0.25, 0.3) is 11.0 Å². The molecule has 2 aromatic heterocycles. The summed E-state index contributed by atoms with van der Waals surface area (Å²) in [5, 5.41) is 0.322. The van der Waals surface area contributed by atoms with Crippen LogP contribution in [-0.4, -0.2) is 21.2 Å². The van der Waals surface area contributed by atoms with Crippen LogP contribution in [0.4, 0.5) is 0 Å². The quantitative estimate of drug-likeness (QED) is 0.535. The lowest BCUT2D eigenvalue weighted by atomic mass is 10.2. The fourth-order valence-electron chi connectivity index (χ4n) is 1.13. The van der Waals surface area contributed by atoms with Crippen molar-refractivity contribution < 1.29 is 4.79 Å². The van der Waals surface area contributed by atoms with Crippen molar-refractivity contribution in [1.29, 1.82) is 0 Å². The van der Waals surface area contributed by atoms with Gasteiger partial charge in [-0.15, -0.1) is 0 Å². The molecule has 0 spiro atoms. The fraction of sp³-hybridized carbons (Fsp3) is 0. The second-order valence-electron chi connectivity index (χ2n) is 2.69. The summed E-state index contributed by atoms with van der Waals surface area (Å²) in [7, 11) is 0. The SMILES string of the molecule is O=Cc1cnc2[nH]c(=S)[nH]c(=O)c2c1. The van der Waals surface area contributed by atoms with E-state index in [4.69, 9.17) is 12.2 Å². The van der Waals surface area contributed by atoms with Crippen LogP contribution in [0.15, 0.2) is 17.1 Å². The Hall–Kier alpha value is -1.82. The Kier molecular flexibility index (Phi) is 1.97. The number of nitrogens with zero attached hydrogens (tertiary/aromatic N) is 1. The molecule has 0 unspecified atom stereocenters. The number of aromatic nitrogens is 3. The van der Waals surface area contributed by atoms with E-state index in [1.54, 1.807) is 0 Å². The van der Waals surface area contributed by atoms with Crippen LogP contribution in [0.5, 0.6) is 0 Å². The Bertz CT molecular complexity index is 614. The molecule has 0 aliphatic rings. The summed E-state index contributed by atoms with van der Waals surface area (Å²) in [5.41, 5.74) is 0.387. The Morgan fingerprint density at radius 2 is 2.21 bits per heavy atom. The molecule has 0 aromatic carbocycles. The summed E-state index contributed by atoms with van der Waals surface area (Å²) in [5.74, 6) is 0. The molecule has 70 valence electrons. The highest BCUT2D eigenvalue weighted by atomic mass is 32.1. The number of aromatic amines is 2. The van der Waals surface area contributed by atoms with Gasteiger partial charge in [-0.25, -0.2) is 4.98 Å². The third-order valence-electron chi connectivity index (χ3n) is 1.75. The molecule has 0 saturated carbocycles. The first-order chi connectivity index (χ1) is 6.70. The average molecular weight is 207 g/mol. The van der Waals surface area contributed by atoms with Crippen molar-refractivity contribution in [2.24, 2.45) is 0 Å². The topological polar surface area (TPSA) is 78.6 Å². The third kappa shape index (κ3) is 1.35. The molecule has 5 nitrogen and oxygen atoms in total. The minimum Gasteiger partial charge on any atom is -0.316 e. The number of rotatable bonds is 1. The average Bonchev–Trinajstić information content (AvgIpc) is 2.17. The second-order valence-corrected chi connectivity index (χ2v) is 3.10. The molecule has 0 aliphatic carbocycles. The van der Waals surface area contributed by atoms with Gasteiger partial charge in [-0.05, 0) is 18.3 Å². The van der Waals surface area contributed by atoms with E-state index in [2.05, 4.69) is 15.0 Å². The Morgan fingerprint density at radius 3 is 2.93 bits per heavy atom. The Labute approximate surface area is 82.8 Å². The van der Waals surface area contributed by atoms with Gasteiger partial charge in [0.25, 0.3) is 5.56 Å². The van der Waals surface area contributed by atoms with Crippen molar-refractivity contribution in [1.82, 2.24) is 15.0 Å². The van der Waals surface area contributed by atoms with Gasteiger partial charge in [0.15, 0.2) is 11.1 Å². The van der Waals surface area contributed by atoms with Gasteiger partial charge in [-0.1, -0.05) is 0 Å². The summed E-state index contributed by atoms with van der Waals surface area (Å²) in [6.45, 7) is 0. The van der Waals surface area contributed by atoms with Gasteiger partial charge < -0.3 is 4.98 Å². The van der Waals surface area contributed by atoms with Crippen LogP contribution in [0.1, 0.15) is 10.4 Å². The second kappa shape index (κ2) is 3.15. The zero-order valence-electron chi connectivity index (χ0n) is 6.90. The van der Waals surface area contributed by atoms with E-state index >= 15 is 0 Å². The highest BCUT2D eigenvalue weighted by Gasteiger charge is 2.01. The predicted molar refractivity (Wildman–Crippen MR) is 52.9 cm³/mol. The molecule has 0 atom stereocenters. The van der Waals surface area contributed by atoms with E-state index in [-0.39, 0.29) is 10.3 Å². The maximum Gasteiger partial charge on any atom is 0.261 e. The number of fused-ring (bicyclic) bond motifs is 1. The van der Waals surface area contributed by atoms with Crippen LogP contribution < -0.4 is 5.56 Å². The number of pyridine rings is 1. The van der Waals surface area contributed by atoms with Gasteiger partial charge in [-0.3, -0.25) is 14.6 Å². The molecule has 6 heteroatoms. The van der Waals surface area contributed by atoms with Crippen molar-refractivity contribution in [3.05, 3.63) is 33.0 Å². The lowest BCUT2D eigenvalue weighted by molar-refractivity contribution is 0.112. The molecule has 0 aliphatic heterocycles. The first kappa shape index (κ1) is 8.76. The summed E-state index contributed by atoms with van der Waals surface area (Å²) in [6.07, 6.45) is 2.01. The van der Waals surface area contributed by atoms with Crippen LogP contribution in [0, 0.1) is 4.77 Å². The fourth-order valence-corrected chi connectivity index (χ4v) is 1.32. The van der Waals surface area contributed by atoms with Gasteiger partial charge in [0, 0.05) is 11.8 Å². The summed E-state index contributed by atoms with van der Waals surface area (Å²) in [4.78, 5) is 30.8. The van der Waals surface area contributed by atoms with E-state index in [0.717, 1.165) is 0 Å². The number of H-pyrrole nitrogens is 2. The number of aldehydes is 1. The molecule has 2 rings (SSSR count). The molecule has 0 saturated heterocycles. The molecule has 2 N–H and O–H groups in total. The molecule has 0 bridgehead atoms. The first-order valence-corrected chi connectivity index (χ1v) is 4.19. The smallest absolute Gasteiger partial charge is 0.261 e. The van der Waals surface area contributed by atoms with Crippen molar-refractivity contribution in [3.8, 4) is 0 Å². The number of hydrogen-bond donors (Lipinski definition) is 2. The third-order valence-corrected chi connectivity index (χ3v) is 1.95. The van der Waals surface area contributed by atoms with Crippen molar-refractivity contribution in [2.45, 2.75) is 0 Å². The minimum absolute atomic E-state index is 0.217. The molecule has 0 amide bonds. The Morgan fingerprint density at radius 1 is 1.43 bits per heavy atom. The molecule has 14 heavy (non-hydrogen) atoms. The molecule has 2 aromatic rings. The first-order valence-electron chi connectivity index (χ1n) is 3.78. The molecule has 2 heterocycles. The minimum atomic E-state index is -0.347. The molecular formula is C8H5N3O2S. The molecule has 0 radical (unpaired) electrons. The maximum atomic E-state index is 11.4. The van der Waals surface area contributed by atoms with E-state index < -0.39 is 0 Å². The molecule has 0 fully saturated rings. The van der Waals surface area contributed by atoms with Crippen LogP contribution in [0.3, 0.4) is 0 Å². The van der Waals surface area contributed by atoms with E-state index in [1.807, 2.05) is 0 Å². The standard InChI is InChI=1S/C8H5N3O2S/c12-3-4-1-5-6(9-2-4)10-8(14)11-7(5)13/h1-3H,(H2,9,10,11,13,14). The zero-order valence-corrected chi connectivity index (χ0v) is 7.72. The van der Waals surface area contributed by atoms with E-state index in [1.165, 1.54) is 12.3 Å². The van der Waals surface area contributed by atoms with Gasteiger partial charge in [-0.2, -0.15) is 0 Å². The van der Waals surface area contributed by atoms with Gasteiger partial charge in [0.1, 0.15) is 5.65 Å². The van der Waals surface area contributed by atoms with E-state index in [0.29, 0.717) is 22.9 Å². The number of carbonyl (C=O) groups excluding carboxylic acids is 1. The van der Waals surface area contributed by atoms with E-state index in [9.17, 15) is 9.59 Å². The Balaban J connectivity index is 2.96. The van der Waals surface area contributed by atoms with Gasteiger partial charge >= 0.3 is 0 Å². The number of nitrogens with one attached hydrogen (secondary N) is 2. The zero-order chi connectivity index (χ0) is 10.1. The predicted octanol–water partition coefficient (Wildman–Crippen LogP) is 0.793. The molecular weight excluding hydrogens is 202 g/mol. The highest BCUT2D eigenvalue weighted by Crippen LogP contribution is 2.03. The van der Waals surface area contributed by atoms with Gasteiger partial charge in [0.05, 0.1) is 5.39 Å². The van der Waals surface area contributed by atoms with Gasteiger partial charge in [0.2, 0.25) is 0 Å². The van der Waals surface area contributed by atoms with Crippen LogP contribution in [-0.2, 0) is 0 Å². The number of carbonyl (C=O) groups is 1. The normalized spacial score (nSPS) is 10.3. The van der Waals surface area contributed by atoms with Crippen molar-refractivity contribution in [2.75, 3.05) is 0 Å². The summed E-state index contributed by atoms with van der Waals surface area (Å²) in [6, 6.07) is 1.46. The lowest BCUT2D eigenvalue weighted by Crippen LogP contribution is -2.09. The summed E-state index contributed by atoms with van der Waals surface area (Å²) >= 11 is 4.77. The largest absolute Gasteiger partial charge is 0.316 e. The van der Waals surface area contributed by atoms with Crippen LogP contribution in [0.2, 0.25) is 0 Å². The maximum absolute atomic E-state index is 11.4.